The van der Waals surface area contributed by atoms with Crippen LogP contribution in [0.25, 0.3) is 0 Å². The number of carbonyl (C=O) groups is 3. The van der Waals surface area contributed by atoms with Crippen LogP contribution in [0.15, 0.2) is 12.4 Å². The van der Waals surface area contributed by atoms with Crippen LogP contribution in [-0.4, -0.2) is 32.7 Å². The molecule has 1 heterocycles. The van der Waals surface area contributed by atoms with Gasteiger partial charge in [0.2, 0.25) is 11.8 Å². The molecule has 0 bridgehead atoms. The Labute approximate surface area is 114 Å². The molecule has 2 atom stereocenters. The number of rotatable bonds is 5. The first-order valence-corrected chi connectivity index (χ1v) is 6.32. The molecule has 2 rings (SSSR count). The molecule has 20 heavy (non-hydrogen) atoms. The van der Waals surface area contributed by atoms with E-state index < -0.39 is 23.7 Å². The molecule has 1 saturated carbocycles. The van der Waals surface area contributed by atoms with E-state index in [-0.39, 0.29) is 12.5 Å². The molecule has 8 nitrogen and oxygen atoms in total. The maximum absolute atomic E-state index is 12.1. The van der Waals surface area contributed by atoms with Gasteiger partial charge in [-0.1, -0.05) is 6.42 Å². The average Bonchev–Trinajstić information content (AvgIpc) is 2.96. The van der Waals surface area contributed by atoms with E-state index in [1.807, 2.05) is 0 Å². The standard InChI is InChI=1S/C12H16N4O4/c13-10(17)6-16-5-7(4-14-16)15-11(18)8-2-1-3-9(8)12(19)20/h4-5,8-9H,1-3,6H2,(H2,13,17)(H,15,18)(H,19,20). The minimum Gasteiger partial charge on any atom is -0.481 e. The second-order valence-corrected chi connectivity index (χ2v) is 4.86. The van der Waals surface area contributed by atoms with Gasteiger partial charge in [-0.2, -0.15) is 5.10 Å². The first kappa shape index (κ1) is 14.0. The Kier molecular flexibility index (Phi) is 4.02. The summed E-state index contributed by atoms with van der Waals surface area (Å²) >= 11 is 0. The molecule has 0 radical (unpaired) electrons. The van der Waals surface area contributed by atoms with Crippen LogP contribution in [0, 0.1) is 11.8 Å². The number of primary amides is 1. The molecule has 108 valence electrons. The molecule has 0 spiro atoms. The number of nitrogens with one attached hydrogen (secondary N) is 1. The van der Waals surface area contributed by atoms with Crippen molar-refractivity contribution in [1.29, 1.82) is 0 Å². The zero-order valence-electron chi connectivity index (χ0n) is 10.8. The van der Waals surface area contributed by atoms with Gasteiger partial charge in [0.05, 0.1) is 23.7 Å². The number of hydrogen-bond acceptors (Lipinski definition) is 4. The molecule has 8 heteroatoms. The summed E-state index contributed by atoms with van der Waals surface area (Å²) in [7, 11) is 0. The number of aliphatic carboxylic acids is 1. The van der Waals surface area contributed by atoms with E-state index in [4.69, 9.17) is 10.8 Å². The summed E-state index contributed by atoms with van der Waals surface area (Å²) in [4.78, 5) is 33.8. The smallest absolute Gasteiger partial charge is 0.307 e. The molecule has 1 aromatic heterocycles. The number of nitrogens with zero attached hydrogens (tertiary/aromatic N) is 2. The van der Waals surface area contributed by atoms with Crippen molar-refractivity contribution < 1.29 is 19.5 Å². The monoisotopic (exact) mass is 280 g/mol. The predicted molar refractivity (Wildman–Crippen MR) is 68.5 cm³/mol. The fourth-order valence-corrected chi connectivity index (χ4v) is 2.48. The largest absolute Gasteiger partial charge is 0.481 e. The van der Waals surface area contributed by atoms with Crippen molar-refractivity contribution in [1.82, 2.24) is 9.78 Å². The maximum Gasteiger partial charge on any atom is 0.307 e. The number of carbonyl (C=O) groups excluding carboxylic acids is 2. The summed E-state index contributed by atoms with van der Waals surface area (Å²) < 4.78 is 1.31. The average molecular weight is 280 g/mol. The van der Waals surface area contributed by atoms with E-state index in [1.165, 1.54) is 17.1 Å². The normalized spacial score (nSPS) is 21.6. The molecular formula is C12H16N4O4. The van der Waals surface area contributed by atoms with Gasteiger partial charge < -0.3 is 16.2 Å². The summed E-state index contributed by atoms with van der Waals surface area (Å²) in [5.41, 5.74) is 5.46. The van der Waals surface area contributed by atoms with Gasteiger partial charge in [-0.3, -0.25) is 19.1 Å². The van der Waals surface area contributed by atoms with Crippen LogP contribution in [0.5, 0.6) is 0 Å². The topological polar surface area (TPSA) is 127 Å². The van der Waals surface area contributed by atoms with Crippen LogP contribution in [0.4, 0.5) is 5.69 Å². The lowest BCUT2D eigenvalue weighted by molar-refractivity contribution is -0.145. The van der Waals surface area contributed by atoms with E-state index in [1.54, 1.807) is 0 Å². The third-order valence-corrected chi connectivity index (χ3v) is 3.39. The Balaban J connectivity index is 1.99. The Morgan fingerprint density at radius 1 is 1.40 bits per heavy atom. The van der Waals surface area contributed by atoms with Crippen LogP contribution in [-0.2, 0) is 20.9 Å². The van der Waals surface area contributed by atoms with E-state index in [9.17, 15) is 14.4 Å². The van der Waals surface area contributed by atoms with E-state index in [2.05, 4.69) is 10.4 Å². The van der Waals surface area contributed by atoms with Gasteiger partial charge in [0.1, 0.15) is 6.54 Å². The number of hydrogen-bond donors (Lipinski definition) is 3. The molecule has 0 aromatic carbocycles. The van der Waals surface area contributed by atoms with Crippen LogP contribution in [0.3, 0.4) is 0 Å². The van der Waals surface area contributed by atoms with Crippen LogP contribution in [0.2, 0.25) is 0 Å². The Morgan fingerprint density at radius 3 is 2.75 bits per heavy atom. The molecule has 1 fully saturated rings. The lowest BCUT2D eigenvalue weighted by Gasteiger charge is -2.14. The number of aromatic nitrogens is 2. The molecule has 0 saturated heterocycles. The number of nitrogens with two attached hydrogens (primary N) is 1. The van der Waals surface area contributed by atoms with Crippen molar-refractivity contribution in [2.45, 2.75) is 25.8 Å². The van der Waals surface area contributed by atoms with Crippen LogP contribution in [0.1, 0.15) is 19.3 Å². The maximum atomic E-state index is 12.1. The van der Waals surface area contributed by atoms with Crippen LogP contribution < -0.4 is 11.1 Å². The molecular weight excluding hydrogens is 264 g/mol. The van der Waals surface area contributed by atoms with Crippen molar-refractivity contribution in [3.8, 4) is 0 Å². The van der Waals surface area contributed by atoms with E-state index in [0.29, 0.717) is 18.5 Å². The molecule has 1 aliphatic rings. The van der Waals surface area contributed by atoms with Gasteiger partial charge in [0.25, 0.3) is 0 Å². The zero-order chi connectivity index (χ0) is 14.7. The van der Waals surface area contributed by atoms with Gasteiger partial charge in [-0.15, -0.1) is 0 Å². The molecule has 4 N–H and O–H groups in total. The summed E-state index contributed by atoms with van der Waals surface area (Å²) in [5.74, 6) is -2.95. The fourth-order valence-electron chi connectivity index (χ4n) is 2.48. The molecule has 2 unspecified atom stereocenters. The second-order valence-electron chi connectivity index (χ2n) is 4.86. The lowest BCUT2D eigenvalue weighted by Crippen LogP contribution is -2.29. The van der Waals surface area contributed by atoms with Gasteiger partial charge in [-0.05, 0) is 12.8 Å². The third kappa shape index (κ3) is 3.14. The third-order valence-electron chi connectivity index (χ3n) is 3.39. The highest BCUT2D eigenvalue weighted by molar-refractivity contribution is 5.95. The van der Waals surface area contributed by atoms with Crippen molar-refractivity contribution in [2.75, 3.05) is 5.32 Å². The fraction of sp³-hybridized carbons (Fsp3) is 0.500. The van der Waals surface area contributed by atoms with E-state index in [0.717, 1.165) is 6.42 Å². The van der Waals surface area contributed by atoms with Crippen molar-refractivity contribution in [2.24, 2.45) is 17.6 Å². The van der Waals surface area contributed by atoms with Crippen molar-refractivity contribution in [3.63, 3.8) is 0 Å². The SMILES string of the molecule is NC(=O)Cn1cc(NC(=O)C2CCCC2C(=O)O)cn1. The van der Waals surface area contributed by atoms with Crippen molar-refractivity contribution in [3.05, 3.63) is 12.4 Å². The highest BCUT2D eigenvalue weighted by Gasteiger charge is 2.37. The van der Waals surface area contributed by atoms with Gasteiger partial charge in [0.15, 0.2) is 0 Å². The minimum atomic E-state index is -0.938. The van der Waals surface area contributed by atoms with Crippen molar-refractivity contribution >= 4 is 23.5 Å². The predicted octanol–water partition coefficient (Wildman–Crippen LogP) is -0.192. The van der Waals surface area contributed by atoms with Gasteiger partial charge in [0, 0.05) is 6.20 Å². The zero-order valence-corrected chi connectivity index (χ0v) is 10.8. The van der Waals surface area contributed by atoms with Crippen LogP contribution >= 0.6 is 0 Å². The number of carboxylic acids is 1. The summed E-state index contributed by atoms with van der Waals surface area (Å²) in [6, 6.07) is 0. The summed E-state index contributed by atoms with van der Waals surface area (Å²) in [6.45, 7) is -0.0724. The quantitative estimate of drug-likeness (QED) is 0.688. The van der Waals surface area contributed by atoms with E-state index >= 15 is 0 Å². The first-order valence-electron chi connectivity index (χ1n) is 6.32. The lowest BCUT2D eigenvalue weighted by atomic mass is 9.95. The number of amides is 2. The Morgan fingerprint density at radius 2 is 2.10 bits per heavy atom. The molecule has 2 amide bonds. The Hall–Kier alpha value is -2.38. The van der Waals surface area contributed by atoms with Gasteiger partial charge in [-0.25, -0.2) is 0 Å². The molecule has 1 aromatic rings. The number of anilines is 1. The summed E-state index contributed by atoms with van der Waals surface area (Å²) in [5, 5.41) is 15.6. The second kappa shape index (κ2) is 5.72. The molecule has 1 aliphatic carbocycles. The number of carboxylic acid groups (broad SMARTS) is 1. The van der Waals surface area contributed by atoms with Gasteiger partial charge >= 0.3 is 5.97 Å². The summed E-state index contributed by atoms with van der Waals surface area (Å²) in [6.07, 6.45) is 4.70. The molecule has 0 aliphatic heterocycles. The Bertz CT molecular complexity index is 539. The first-order chi connectivity index (χ1) is 9.47. The minimum absolute atomic E-state index is 0.0724. The highest BCUT2D eigenvalue weighted by atomic mass is 16.4. The highest BCUT2D eigenvalue weighted by Crippen LogP contribution is 2.32.